The van der Waals surface area contributed by atoms with Crippen LogP contribution in [0.5, 0.6) is 0 Å². The normalized spacial score (nSPS) is 13.0. The van der Waals surface area contributed by atoms with Crippen molar-refractivity contribution in [1.29, 1.82) is 0 Å². The van der Waals surface area contributed by atoms with Crippen LogP contribution in [0.2, 0.25) is 0 Å². The molecule has 0 aliphatic carbocycles. The van der Waals surface area contributed by atoms with Crippen molar-refractivity contribution in [2.75, 3.05) is 12.3 Å². The molecule has 1 aliphatic rings. The molecule has 26 heavy (non-hydrogen) atoms. The van der Waals surface area contributed by atoms with E-state index in [9.17, 15) is 4.79 Å². The Morgan fingerprint density at radius 1 is 0.846 bits per heavy atom. The predicted molar refractivity (Wildman–Crippen MR) is 110 cm³/mol. The number of nitrogens with zero attached hydrogens (tertiary/aromatic N) is 1. The van der Waals surface area contributed by atoms with Crippen molar-refractivity contribution >= 4 is 22.6 Å². The van der Waals surface area contributed by atoms with Gasteiger partial charge < -0.3 is 0 Å². The molecule has 4 rings (SSSR count). The summed E-state index contributed by atoms with van der Waals surface area (Å²) in [5.41, 5.74) is 5.54. The van der Waals surface area contributed by atoms with Crippen LogP contribution in [-0.2, 0) is 6.42 Å². The number of carbonyl (C=O) groups excluding carboxylic acids is 1. The molecular weight excluding hydrogens is 338 g/mol. The van der Waals surface area contributed by atoms with Gasteiger partial charge in [0.25, 0.3) is 0 Å². The molecule has 0 radical (unpaired) electrons. The summed E-state index contributed by atoms with van der Waals surface area (Å²) in [6.07, 6.45) is 0.981. The number of thioether (sulfide) groups is 1. The predicted octanol–water partition coefficient (Wildman–Crippen LogP) is 5.27. The number of ketones is 1. The van der Waals surface area contributed by atoms with E-state index >= 15 is 0 Å². The summed E-state index contributed by atoms with van der Waals surface area (Å²) in [5, 5.41) is 0.987. The van der Waals surface area contributed by atoms with Gasteiger partial charge in [-0.15, -0.1) is 0 Å². The van der Waals surface area contributed by atoms with Gasteiger partial charge >= 0.3 is 0 Å². The van der Waals surface area contributed by atoms with Crippen molar-refractivity contribution in [3.05, 3.63) is 95.6 Å². The van der Waals surface area contributed by atoms with Crippen LogP contribution in [-0.4, -0.2) is 23.1 Å². The van der Waals surface area contributed by atoms with Gasteiger partial charge in [0.1, 0.15) is 0 Å². The van der Waals surface area contributed by atoms with Gasteiger partial charge in [0.15, 0.2) is 5.78 Å². The Hall–Kier alpha value is -2.65. The molecule has 0 atom stereocenters. The van der Waals surface area contributed by atoms with E-state index in [1.54, 1.807) is 11.8 Å². The lowest BCUT2D eigenvalue weighted by atomic mass is 10.0. The molecule has 0 spiro atoms. The third-order valence-electron chi connectivity index (χ3n) is 4.54. The minimum absolute atomic E-state index is 0.139. The second-order valence-electron chi connectivity index (χ2n) is 6.25. The van der Waals surface area contributed by atoms with Crippen LogP contribution in [0.25, 0.3) is 11.1 Å². The van der Waals surface area contributed by atoms with Gasteiger partial charge in [-0.25, -0.2) is 0 Å². The molecule has 3 heteroatoms. The highest BCUT2D eigenvalue weighted by molar-refractivity contribution is 8.15. The number of aliphatic imine (C=N–C) groups is 1. The number of hydrogen-bond acceptors (Lipinski definition) is 3. The van der Waals surface area contributed by atoms with Crippen LogP contribution >= 0.6 is 11.8 Å². The van der Waals surface area contributed by atoms with E-state index in [1.807, 2.05) is 48.5 Å². The smallest absolute Gasteiger partial charge is 0.173 e. The molecule has 0 bridgehead atoms. The Kier molecular flexibility index (Phi) is 4.98. The molecule has 0 unspecified atom stereocenters. The van der Waals surface area contributed by atoms with Gasteiger partial charge in [-0.2, -0.15) is 0 Å². The fraction of sp³-hybridized carbons (Fsp3) is 0.130. The number of Topliss-reactive ketones (excluding diaryl/α,β-unsaturated/α-hetero) is 1. The minimum Gasteiger partial charge on any atom is -0.293 e. The van der Waals surface area contributed by atoms with Crippen LogP contribution in [0.1, 0.15) is 21.5 Å². The van der Waals surface area contributed by atoms with Crippen LogP contribution in [0, 0.1) is 0 Å². The average Bonchev–Trinajstić information content (AvgIpc) is 2.73. The van der Waals surface area contributed by atoms with E-state index < -0.39 is 0 Å². The largest absolute Gasteiger partial charge is 0.293 e. The van der Waals surface area contributed by atoms with Gasteiger partial charge in [0, 0.05) is 17.7 Å². The molecule has 1 aliphatic heterocycles. The number of rotatable bonds is 4. The summed E-state index contributed by atoms with van der Waals surface area (Å²) in [6.45, 7) is 0.805. The highest BCUT2D eigenvalue weighted by Gasteiger charge is 2.16. The minimum atomic E-state index is 0.139. The van der Waals surface area contributed by atoms with E-state index in [-0.39, 0.29) is 5.78 Å². The second kappa shape index (κ2) is 7.71. The lowest BCUT2D eigenvalue weighted by Crippen LogP contribution is -2.12. The van der Waals surface area contributed by atoms with E-state index in [1.165, 1.54) is 11.1 Å². The third-order valence-corrected chi connectivity index (χ3v) is 5.57. The first-order valence-corrected chi connectivity index (χ1v) is 9.74. The monoisotopic (exact) mass is 357 g/mol. The molecule has 0 N–H and O–H groups in total. The number of hydrogen-bond donors (Lipinski definition) is 0. The average molecular weight is 357 g/mol. The van der Waals surface area contributed by atoms with Crippen molar-refractivity contribution < 1.29 is 4.79 Å². The zero-order valence-electron chi connectivity index (χ0n) is 14.4. The van der Waals surface area contributed by atoms with Crippen molar-refractivity contribution in [3.8, 4) is 11.1 Å². The maximum absolute atomic E-state index is 12.6. The summed E-state index contributed by atoms with van der Waals surface area (Å²) in [5.74, 6) is 0.554. The molecule has 0 saturated heterocycles. The third kappa shape index (κ3) is 3.63. The Morgan fingerprint density at radius 3 is 2.35 bits per heavy atom. The molecule has 0 fully saturated rings. The van der Waals surface area contributed by atoms with Gasteiger partial charge in [0.05, 0.1) is 10.8 Å². The molecule has 1 heterocycles. The van der Waals surface area contributed by atoms with Crippen LogP contribution in [0.3, 0.4) is 0 Å². The number of benzene rings is 3. The SMILES string of the molecule is O=C(CSC1=NCCc2ccccc21)c1ccc(-c2ccccc2)cc1. The van der Waals surface area contributed by atoms with Gasteiger partial charge in [0.2, 0.25) is 0 Å². The number of fused-ring (bicyclic) bond motifs is 1. The fourth-order valence-corrected chi connectivity index (χ4v) is 4.10. The van der Waals surface area contributed by atoms with Crippen LogP contribution in [0.4, 0.5) is 0 Å². The molecule has 0 amide bonds. The van der Waals surface area contributed by atoms with Crippen LogP contribution in [0.15, 0.2) is 83.9 Å². The van der Waals surface area contributed by atoms with Gasteiger partial charge in [-0.1, -0.05) is 90.6 Å². The topological polar surface area (TPSA) is 29.4 Å². The first-order chi connectivity index (χ1) is 12.8. The zero-order valence-corrected chi connectivity index (χ0v) is 15.2. The molecule has 2 nitrogen and oxygen atoms in total. The summed E-state index contributed by atoms with van der Waals surface area (Å²) in [6, 6.07) is 26.4. The summed E-state index contributed by atoms with van der Waals surface area (Å²) in [4.78, 5) is 17.2. The van der Waals surface area contributed by atoms with E-state index in [2.05, 4.69) is 35.3 Å². The first kappa shape index (κ1) is 16.8. The summed E-state index contributed by atoms with van der Waals surface area (Å²) < 4.78 is 0. The van der Waals surface area contributed by atoms with Crippen molar-refractivity contribution in [2.24, 2.45) is 4.99 Å². The molecule has 3 aromatic carbocycles. The first-order valence-electron chi connectivity index (χ1n) is 8.75. The van der Waals surface area contributed by atoms with Crippen molar-refractivity contribution in [2.45, 2.75) is 6.42 Å². The van der Waals surface area contributed by atoms with Crippen LogP contribution < -0.4 is 0 Å². The van der Waals surface area contributed by atoms with Crippen molar-refractivity contribution in [1.82, 2.24) is 0 Å². The molecule has 128 valence electrons. The number of carbonyl (C=O) groups is 1. The highest BCUT2D eigenvalue weighted by atomic mass is 32.2. The zero-order chi connectivity index (χ0) is 17.8. The standard InChI is InChI=1S/C23H19NOS/c25-22(16-26-23-21-9-5-4-8-19(21)14-15-24-23)20-12-10-18(11-13-20)17-6-2-1-3-7-17/h1-13H,14-16H2. The lowest BCUT2D eigenvalue weighted by Gasteiger charge is -2.15. The summed E-state index contributed by atoms with van der Waals surface area (Å²) >= 11 is 1.54. The van der Waals surface area contributed by atoms with Gasteiger partial charge in [-0.05, 0) is 23.1 Å². The quantitative estimate of drug-likeness (QED) is 0.595. The summed E-state index contributed by atoms with van der Waals surface area (Å²) in [7, 11) is 0. The van der Waals surface area contributed by atoms with Gasteiger partial charge in [-0.3, -0.25) is 9.79 Å². The second-order valence-corrected chi connectivity index (χ2v) is 7.21. The Bertz CT molecular complexity index is 945. The molecule has 0 saturated carbocycles. The maximum atomic E-state index is 12.6. The van der Waals surface area contributed by atoms with Crippen molar-refractivity contribution in [3.63, 3.8) is 0 Å². The lowest BCUT2D eigenvalue weighted by molar-refractivity contribution is 0.102. The maximum Gasteiger partial charge on any atom is 0.173 e. The van der Waals surface area contributed by atoms with E-state index in [0.717, 1.165) is 34.7 Å². The molecular formula is C23H19NOS. The Labute approximate surface area is 158 Å². The Balaban J connectivity index is 1.43. The van der Waals surface area contributed by atoms with E-state index in [4.69, 9.17) is 0 Å². The molecule has 0 aromatic heterocycles. The molecule has 3 aromatic rings. The van der Waals surface area contributed by atoms with E-state index in [0.29, 0.717) is 5.75 Å². The Morgan fingerprint density at radius 2 is 1.54 bits per heavy atom. The highest BCUT2D eigenvalue weighted by Crippen LogP contribution is 2.24. The fourth-order valence-electron chi connectivity index (χ4n) is 3.13.